The molecule has 4 atom stereocenters. The fourth-order valence-corrected chi connectivity index (χ4v) is 9.05. The third-order valence-electron chi connectivity index (χ3n) is 12.2. The van der Waals surface area contributed by atoms with Crippen molar-refractivity contribution >= 4 is 5.91 Å². The molecule has 1 aliphatic rings. The molecular formula is C59H51NO4. The van der Waals surface area contributed by atoms with Gasteiger partial charge >= 0.3 is 0 Å². The van der Waals surface area contributed by atoms with Gasteiger partial charge in [-0.1, -0.05) is 255 Å². The Bertz CT molecular complexity index is 2490. The molecule has 8 aromatic carbocycles. The predicted molar refractivity (Wildman–Crippen MR) is 254 cm³/mol. The maximum Gasteiger partial charge on any atom is 0.254 e. The molecule has 64 heavy (non-hydrogen) atoms. The molecule has 0 aromatic heterocycles. The SMILES string of the molecule is O=C(N[C@@H]1C=C[C@H](OC(c2ccccc2)(c2ccccc2)c2ccccc2)[C@H]1COCc1ccccc1)[C@@H](OC(c1ccccc1)(c1ccccc1)c1ccccc1)c1ccccc1. The molecule has 1 aliphatic carbocycles. The molecule has 0 saturated carbocycles. The lowest BCUT2D eigenvalue weighted by Gasteiger charge is -2.40. The van der Waals surface area contributed by atoms with Gasteiger partial charge in [0.25, 0.3) is 5.91 Å². The Labute approximate surface area is 376 Å². The molecule has 5 nitrogen and oxygen atoms in total. The maximum atomic E-state index is 15.4. The first kappa shape index (κ1) is 42.2. The highest BCUT2D eigenvalue weighted by atomic mass is 16.5. The van der Waals surface area contributed by atoms with Crippen molar-refractivity contribution < 1.29 is 19.0 Å². The molecular weight excluding hydrogens is 787 g/mol. The minimum absolute atomic E-state index is 0.276. The molecule has 0 heterocycles. The summed E-state index contributed by atoms with van der Waals surface area (Å²) in [6.45, 7) is 0.722. The van der Waals surface area contributed by atoms with Crippen LogP contribution in [0.1, 0.15) is 50.6 Å². The topological polar surface area (TPSA) is 56.8 Å². The van der Waals surface area contributed by atoms with Gasteiger partial charge in [-0.25, -0.2) is 0 Å². The Kier molecular flexibility index (Phi) is 13.1. The first-order valence-corrected chi connectivity index (χ1v) is 22.0. The van der Waals surface area contributed by atoms with Gasteiger partial charge < -0.3 is 19.5 Å². The van der Waals surface area contributed by atoms with Crippen molar-refractivity contribution in [3.8, 4) is 0 Å². The zero-order valence-corrected chi connectivity index (χ0v) is 35.6. The Hall–Kier alpha value is -7.15. The van der Waals surface area contributed by atoms with Gasteiger partial charge in [-0.15, -0.1) is 0 Å². The summed E-state index contributed by atoms with van der Waals surface area (Å²) in [6.07, 6.45) is 2.64. The fourth-order valence-electron chi connectivity index (χ4n) is 9.05. The standard InChI is InChI=1S/C59H51NO4/c61-57(56(46-27-11-2-12-28-46)64-59(50-35-19-6-20-36-50,51-37-21-7-22-38-51)52-39-23-8-24-40-52)60-54-41-42-55(53(54)44-62-43-45-25-9-1-10-26-45)63-58(47-29-13-3-14-30-47,48-31-15-4-16-32-48)49-33-17-5-18-34-49/h1-42,53-56H,43-44H2,(H,60,61)/t53-,54+,55-,56-/m0/s1. The van der Waals surface area contributed by atoms with Gasteiger partial charge in [0.2, 0.25) is 0 Å². The van der Waals surface area contributed by atoms with Crippen molar-refractivity contribution in [2.45, 2.75) is 36.1 Å². The molecule has 1 N–H and O–H groups in total. The molecule has 0 aliphatic heterocycles. The highest BCUT2D eigenvalue weighted by molar-refractivity contribution is 5.83. The van der Waals surface area contributed by atoms with Crippen LogP contribution < -0.4 is 5.32 Å². The largest absolute Gasteiger partial charge is 0.376 e. The van der Waals surface area contributed by atoms with Crippen LogP contribution in [-0.4, -0.2) is 24.7 Å². The van der Waals surface area contributed by atoms with Gasteiger partial charge in [-0.2, -0.15) is 0 Å². The van der Waals surface area contributed by atoms with Crippen molar-refractivity contribution in [1.82, 2.24) is 5.32 Å². The number of hydrogen-bond donors (Lipinski definition) is 1. The Morgan fingerprint density at radius 3 is 1.22 bits per heavy atom. The second-order valence-corrected chi connectivity index (χ2v) is 16.1. The lowest BCUT2D eigenvalue weighted by Crippen LogP contribution is -2.48. The second kappa shape index (κ2) is 19.9. The minimum atomic E-state index is -1.16. The quantitative estimate of drug-likeness (QED) is 0.0733. The average molecular weight is 838 g/mol. The lowest BCUT2D eigenvalue weighted by molar-refractivity contribution is -0.143. The summed E-state index contributed by atoms with van der Waals surface area (Å²) in [7, 11) is 0. The molecule has 0 saturated heterocycles. The number of ether oxygens (including phenoxy) is 3. The zero-order valence-electron chi connectivity index (χ0n) is 35.6. The van der Waals surface area contributed by atoms with Crippen molar-refractivity contribution in [2.24, 2.45) is 5.92 Å². The summed E-state index contributed by atoms with van der Waals surface area (Å²) < 4.78 is 21.7. The van der Waals surface area contributed by atoms with Crippen molar-refractivity contribution in [3.05, 3.63) is 299 Å². The van der Waals surface area contributed by atoms with E-state index in [0.717, 1.165) is 44.5 Å². The first-order valence-electron chi connectivity index (χ1n) is 22.0. The van der Waals surface area contributed by atoms with Crippen LogP contribution >= 0.6 is 0 Å². The van der Waals surface area contributed by atoms with Gasteiger partial charge in [0, 0.05) is 5.92 Å². The summed E-state index contributed by atoms with van der Waals surface area (Å²) in [5, 5.41) is 3.48. The minimum Gasteiger partial charge on any atom is -0.376 e. The predicted octanol–water partition coefficient (Wildman–Crippen LogP) is 12.0. The van der Waals surface area contributed by atoms with Crippen molar-refractivity contribution in [3.63, 3.8) is 0 Å². The molecule has 8 aromatic rings. The number of carbonyl (C=O) groups excluding carboxylic acids is 1. The van der Waals surface area contributed by atoms with Gasteiger partial charge in [-0.3, -0.25) is 4.79 Å². The van der Waals surface area contributed by atoms with Crippen molar-refractivity contribution in [1.29, 1.82) is 0 Å². The molecule has 1 amide bonds. The number of amides is 1. The van der Waals surface area contributed by atoms with Gasteiger partial charge in [-0.05, 0) is 44.5 Å². The monoisotopic (exact) mass is 837 g/mol. The van der Waals surface area contributed by atoms with E-state index in [4.69, 9.17) is 14.2 Å². The number of rotatable bonds is 17. The van der Waals surface area contributed by atoms with Crippen LogP contribution in [0.15, 0.2) is 255 Å². The Morgan fingerprint density at radius 2 is 0.812 bits per heavy atom. The molecule has 316 valence electrons. The Balaban J connectivity index is 1.11. The molecule has 0 unspecified atom stereocenters. The number of nitrogens with one attached hydrogen (secondary N) is 1. The van der Waals surface area contributed by atoms with Crippen LogP contribution in [0.25, 0.3) is 0 Å². The summed E-state index contributed by atoms with van der Waals surface area (Å²) in [4.78, 5) is 15.4. The maximum absolute atomic E-state index is 15.4. The van der Waals surface area contributed by atoms with Crippen LogP contribution in [0.4, 0.5) is 0 Å². The fraction of sp³-hybridized carbons (Fsp3) is 0.136. The average Bonchev–Trinajstić information content (AvgIpc) is 3.75. The van der Waals surface area contributed by atoms with E-state index in [9.17, 15) is 0 Å². The van der Waals surface area contributed by atoms with E-state index < -0.39 is 29.5 Å². The summed E-state index contributed by atoms with van der Waals surface area (Å²) in [5.74, 6) is -0.594. The molecule has 0 radical (unpaired) electrons. The van der Waals surface area contributed by atoms with Crippen LogP contribution in [0, 0.1) is 5.92 Å². The lowest BCUT2D eigenvalue weighted by atomic mass is 9.79. The van der Waals surface area contributed by atoms with Gasteiger partial charge in [0.05, 0.1) is 25.4 Å². The number of carbonyl (C=O) groups is 1. The highest BCUT2D eigenvalue weighted by Crippen LogP contribution is 2.46. The van der Waals surface area contributed by atoms with E-state index in [-0.39, 0.29) is 11.8 Å². The van der Waals surface area contributed by atoms with Gasteiger partial charge in [0.15, 0.2) is 6.10 Å². The molecule has 0 fully saturated rings. The Morgan fingerprint density at radius 1 is 0.453 bits per heavy atom. The van der Waals surface area contributed by atoms with Gasteiger partial charge in [0.1, 0.15) is 11.2 Å². The normalized spacial score (nSPS) is 16.5. The third kappa shape index (κ3) is 8.88. The molecule has 0 bridgehead atoms. The summed E-state index contributed by atoms with van der Waals surface area (Å²) >= 11 is 0. The molecule has 9 rings (SSSR count). The second-order valence-electron chi connectivity index (χ2n) is 16.1. The van der Waals surface area contributed by atoms with E-state index in [0.29, 0.717) is 13.2 Å². The van der Waals surface area contributed by atoms with Crippen molar-refractivity contribution in [2.75, 3.05) is 6.61 Å². The van der Waals surface area contributed by atoms with E-state index in [2.05, 4.69) is 139 Å². The van der Waals surface area contributed by atoms with Crippen LogP contribution in [0.5, 0.6) is 0 Å². The summed E-state index contributed by atoms with van der Waals surface area (Å²) in [6, 6.07) is 81.1. The zero-order chi connectivity index (χ0) is 43.4. The van der Waals surface area contributed by atoms with E-state index >= 15 is 4.79 Å². The van der Waals surface area contributed by atoms with Crippen LogP contribution in [0.2, 0.25) is 0 Å². The summed E-state index contributed by atoms with van der Waals surface area (Å²) in [5.41, 5.74) is 5.34. The molecule has 5 heteroatoms. The third-order valence-corrected chi connectivity index (χ3v) is 12.2. The van der Waals surface area contributed by atoms with Crippen LogP contribution in [-0.2, 0) is 36.8 Å². The van der Waals surface area contributed by atoms with E-state index in [1.807, 2.05) is 121 Å². The highest BCUT2D eigenvalue weighted by Gasteiger charge is 2.46. The van der Waals surface area contributed by atoms with Crippen LogP contribution in [0.3, 0.4) is 0 Å². The number of hydrogen-bond acceptors (Lipinski definition) is 4. The first-order chi connectivity index (χ1) is 31.6. The van der Waals surface area contributed by atoms with E-state index in [1.54, 1.807) is 0 Å². The molecule has 0 spiro atoms. The van der Waals surface area contributed by atoms with E-state index in [1.165, 1.54) is 0 Å². The number of benzene rings is 8. The smallest absolute Gasteiger partial charge is 0.254 e.